The van der Waals surface area contributed by atoms with E-state index in [9.17, 15) is 5.11 Å². The fraction of sp³-hybridized carbons (Fsp3) is 0.739. The largest absolute Gasteiger partial charge is 0.507 e. The first-order valence-electron chi connectivity index (χ1n) is 9.84. The molecule has 0 saturated carbocycles. The predicted molar refractivity (Wildman–Crippen MR) is 110 cm³/mol. The van der Waals surface area contributed by atoms with E-state index in [2.05, 4.69) is 74.6 Å². The van der Waals surface area contributed by atoms with Crippen LogP contribution in [0.25, 0.3) is 0 Å². The summed E-state index contributed by atoms with van der Waals surface area (Å²) in [6.07, 6.45) is 2.09. The molecule has 0 spiro atoms. The molecule has 0 unspecified atom stereocenters. The Labute approximate surface area is 160 Å². The lowest BCUT2D eigenvalue weighted by atomic mass is 9.79. The molecule has 26 heavy (non-hydrogen) atoms. The zero-order valence-electron chi connectivity index (χ0n) is 18.5. The second-order valence-corrected chi connectivity index (χ2v) is 11.4. The Balaban J connectivity index is 2.43. The summed E-state index contributed by atoms with van der Waals surface area (Å²) in [4.78, 5) is 0. The lowest BCUT2D eigenvalue weighted by Gasteiger charge is -2.46. The maximum atomic E-state index is 10.9. The van der Waals surface area contributed by atoms with Gasteiger partial charge in [0, 0.05) is 35.0 Å². The fourth-order valence-corrected chi connectivity index (χ4v) is 4.32. The van der Waals surface area contributed by atoms with Crippen LogP contribution in [-0.2, 0) is 10.8 Å². The molecular weight excluding hydrogens is 322 g/mol. The molecule has 148 valence electrons. The summed E-state index contributed by atoms with van der Waals surface area (Å²) in [5.74, 6) is 1.28. The standard InChI is InChI=1S/C23H39NO2/c1-20(2,3)17-11-15(12-18(19(17)25)21(4,5)6)26-16-13-22(7,8)24-23(9,10)14-16/h11-12,16,24-25H,13-14H2,1-10H3. The van der Waals surface area contributed by atoms with Gasteiger partial charge in [0.2, 0.25) is 0 Å². The van der Waals surface area contributed by atoms with Gasteiger partial charge in [0.1, 0.15) is 17.6 Å². The van der Waals surface area contributed by atoms with E-state index >= 15 is 0 Å². The van der Waals surface area contributed by atoms with Gasteiger partial charge in [0.25, 0.3) is 0 Å². The van der Waals surface area contributed by atoms with Gasteiger partial charge in [-0.25, -0.2) is 0 Å². The van der Waals surface area contributed by atoms with Crippen LogP contribution in [0.15, 0.2) is 12.1 Å². The zero-order valence-corrected chi connectivity index (χ0v) is 18.5. The number of aromatic hydroxyl groups is 1. The summed E-state index contributed by atoms with van der Waals surface area (Å²) in [5, 5.41) is 14.6. The van der Waals surface area contributed by atoms with Crippen LogP contribution < -0.4 is 10.1 Å². The Morgan fingerprint density at radius 1 is 0.885 bits per heavy atom. The molecule has 0 aromatic heterocycles. The Morgan fingerprint density at radius 3 is 1.62 bits per heavy atom. The highest BCUT2D eigenvalue weighted by Gasteiger charge is 2.39. The highest BCUT2D eigenvalue weighted by Crippen LogP contribution is 2.42. The van der Waals surface area contributed by atoms with Gasteiger partial charge in [-0.2, -0.15) is 0 Å². The molecule has 0 atom stereocenters. The molecule has 1 aromatic carbocycles. The predicted octanol–water partition coefficient (Wildman–Crippen LogP) is 5.68. The van der Waals surface area contributed by atoms with Crippen molar-refractivity contribution < 1.29 is 9.84 Å². The van der Waals surface area contributed by atoms with Crippen LogP contribution in [0.4, 0.5) is 0 Å². The first-order chi connectivity index (χ1) is 11.5. The molecule has 1 fully saturated rings. The molecule has 2 N–H and O–H groups in total. The Morgan fingerprint density at radius 2 is 1.27 bits per heavy atom. The van der Waals surface area contributed by atoms with Crippen LogP contribution in [-0.4, -0.2) is 22.3 Å². The topological polar surface area (TPSA) is 41.5 Å². The van der Waals surface area contributed by atoms with E-state index < -0.39 is 0 Å². The van der Waals surface area contributed by atoms with E-state index in [1.54, 1.807) is 0 Å². The number of phenolic OH excluding ortho intramolecular Hbond substituents is 1. The van der Waals surface area contributed by atoms with E-state index in [0.29, 0.717) is 5.75 Å². The zero-order chi connectivity index (χ0) is 20.1. The van der Waals surface area contributed by atoms with Gasteiger partial charge in [0.05, 0.1) is 0 Å². The minimum atomic E-state index is -0.143. The van der Waals surface area contributed by atoms with Gasteiger partial charge in [-0.3, -0.25) is 0 Å². The number of rotatable bonds is 2. The molecule has 1 aromatic rings. The normalized spacial score (nSPS) is 20.8. The van der Waals surface area contributed by atoms with Crippen molar-refractivity contribution in [3.05, 3.63) is 23.3 Å². The molecule has 0 bridgehead atoms. The summed E-state index contributed by atoms with van der Waals surface area (Å²) in [5.41, 5.74) is 1.71. The summed E-state index contributed by atoms with van der Waals surface area (Å²) in [6, 6.07) is 4.07. The van der Waals surface area contributed by atoms with Crippen LogP contribution in [0, 0.1) is 0 Å². The van der Waals surface area contributed by atoms with E-state index in [-0.39, 0.29) is 28.0 Å². The molecule has 2 rings (SSSR count). The molecule has 1 heterocycles. The molecule has 1 aliphatic rings. The average Bonchev–Trinajstić information content (AvgIpc) is 2.34. The third-order valence-corrected chi connectivity index (χ3v) is 5.15. The summed E-state index contributed by atoms with van der Waals surface area (Å²) in [7, 11) is 0. The third-order valence-electron chi connectivity index (χ3n) is 5.15. The Kier molecular flexibility index (Phi) is 5.22. The third kappa shape index (κ3) is 4.94. The van der Waals surface area contributed by atoms with Crippen LogP contribution in [0.1, 0.15) is 93.2 Å². The molecule has 1 aliphatic heterocycles. The van der Waals surface area contributed by atoms with Crippen molar-refractivity contribution >= 4 is 0 Å². The number of phenols is 1. The summed E-state index contributed by atoms with van der Waals surface area (Å²) < 4.78 is 6.50. The van der Waals surface area contributed by atoms with Gasteiger partial charge < -0.3 is 15.2 Å². The van der Waals surface area contributed by atoms with E-state index in [1.807, 2.05) is 12.1 Å². The smallest absolute Gasteiger partial charge is 0.123 e. The summed E-state index contributed by atoms with van der Waals surface area (Å²) in [6.45, 7) is 21.8. The second-order valence-electron chi connectivity index (χ2n) is 11.4. The van der Waals surface area contributed by atoms with Crippen molar-refractivity contribution in [3.8, 4) is 11.5 Å². The monoisotopic (exact) mass is 361 g/mol. The number of nitrogens with one attached hydrogen (secondary N) is 1. The van der Waals surface area contributed by atoms with Crippen LogP contribution in [0.2, 0.25) is 0 Å². The van der Waals surface area contributed by atoms with Gasteiger partial charge in [-0.1, -0.05) is 41.5 Å². The maximum absolute atomic E-state index is 10.9. The minimum absolute atomic E-state index is 0.0447. The molecular formula is C23H39NO2. The highest BCUT2D eigenvalue weighted by molar-refractivity contribution is 5.52. The molecule has 1 saturated heterocycles. The first kappa shape index (κ1) is 21.1. The van der Waals surface area contributed by atoms with Crippen LogP contribution in [0.5, 0.6) is 11.5 Å². The molecule has 0 radical (unpaired) electrons. The number of benzene rings is 1. The van der Waals surface area contributed by atoms with Crippen molar-refractivity contribution in [1.82, 2.24) is 5.32 Å². The maximum Gasteiger partial charge on any atom is 0.123 e. The van der Waals surface area contributed by atoms with Crippen molar-refractivity contribution in [3.63, 3.8) is 0 Å². The Hall–Kier alpha value is -1.22. The lowest BCUT2D eigenvalue weighted by Crippen LogP contribution is -2.60. The van der Waals surface area contributed by atoms with Crippen molar-refractivity contribution in [2.45, 2.75) is 110 Å². The molecule has 0 aliphatic carbocycles. The average molecular weight is 362 g/mol. The Bertz CT molecular complexity index is 609. The fourth-order valence-electron chi connectivity index (χ4n) is 4.32. The number of piperidine rings is 1. The van der Waals surface area contributed by atoms with Gasteiger partial charge >= 0.3 is 0 Å². The SMILES string of the molecule is CC1(C)CC(Oc2cc(C(C)(C)C)c(O)c(C(C)(C)C)c2)CC(C)(C)N1. The van der Waals surface area contributed by atoms with Gasteiger partial charge in [-0.15, -0.1) is 0 Å². The van der Waals surface area contributed by atoms with E-state index in [0.717, 1.165) is 29.7 Å². The van der Waals surface area contributed by atoms with Gasteiger partial charge in [-0.05, 0) is 50.7 Å². The quantitative estimate of drug-likeness (QED) is 0.712. The first-order valence-corrected chi connectivity index (χ1v) is 9.84. The van der Waals surface area contributed by atoms with Crippen molar-refractivity contribution in [2.75, 3.05) is 0 Å². The molecule has 0 amide bonds. The van der Waals surface area contributed by atoms with E-state index in [1.165, 1.54) is 0 Å². The highest BCUT2D eigenvalue weighted by atomic mass is 16.5. The lowest BCUT2D eigenvalue weighted by molar-refractivity contribution is 0.0556. The molecule has 3 heteroatoms. The van der Waals surface area contributed by atoms with Crippen molar-refractivity contribution in [2.24, 2.45) is 0 Å². The van der Waals surface area contributed by atoms with Gasteiger partial charge in [0.15, 0.2) is 0 Å². The van der Waals surface area contributed by atoms with E-state index in [4.69, 9.17) is 4.74 Å². The second kappa shape index (κ2) is 6.44. The molecule has 3 nitrogen and oxygen atoms in total. The summed E-state index contributed by atoms with van der Waals surface area (Å²) >= 11 is 0. The number of ether oxygens (including phenoxy) is 1. The van der Waals surface area contributed by atoms with Crippen LogP contribution in [0.3, 0.4) is 0 Å². The number of hydrogen-bond acceptors (Lipinski definition) is 3. The minimum Gasteiger partial charge on any atom is -0.507 e. The number of hydrogen-bond donors (Lipinski definition) is 2. The van der Waals surface area contributed by atoms with Crippen LogP contribution >= 0.6 is 0 Å². The van der Waals surface area contributed by atoms with Crippen molar-refractivity contribution in [1.29, 1.82) is 0 Å².